The van der Waals surface area contributed by atoms with Crippen LogP contribution in [0.2, 0.25) is 0 Å². The highest BCUT2D eigenvalue weighted by atomic mass is 19.4. The number of fused-ring (bicyclic) bond motifs is 2. The molecule has 9 nitrogen and oxygen atoms in total. The van der Waals surface area contributed by atoms with Gasteiger partial charge >= 0.3 is 6.18 Å². The molecule has 0 radical (unpaired) electrons. The molecule has 0 unspecified atom stereocenters. The molecule has 3 heterocycles. The monoisotopic (exact) mass is 498 g/mol. The molecule has 2 aromatic heterocycles. The predicted octanol–water partition coefficient (Wildman–Crippen LogP) is 3.92. The Morgan fingerprint density at radius 2 is 2.03 bits per heavy atom. The van der Waals surface area contributed by atoms with Crippen molar-refractivity contribution in [1.29, 1.82) is 0 Å². The van der Waals surface area contributed by atoms with E-state index in [9.17, 15) is 18.0 Å². The summed E-state index contributed by atoms with van der Waals surface area (Å²) < 4.78 is 39.8. The first-order valence-electron chi connectivity index (χ1n) is 12.0. The third-order valence-corrected chi connectivity index (χ3v) is 6.74. The third kappa shape index (κ3) is 4.72. The van der Waals surface area contributed by atoms with E-state index in [-0.39, 0.29) is 22.9 Å². The number of anilines is 4. The SMILES string of the molecule is O=C(NCC(F)(F)F)c1cnc(Nc2ccc3c(c2)CCNC32CC2)nc1Nc1ccn(C2CC2)n1. The predicted molar refractivity (Wildman–Crippen MR) is 127 cm³/mol. The molecule has 188 valence electrons. The number of aromatic nitrogens is 4. The molecule has 1 spiro atoms. The summed E-state index contributed by atoms with van der Waals surface area (Å²) in [6.07, 6.45) is 3.79. The highest BCUT2D eigenvalue weighted by Gasteiger charge is 2.46. The molecular weight excluding hydrogens is 473 g/mol. The highest BCUT2D eigenvalue weighted by molar-refractivity contribution is 5.99. The van der Waals surface area contributed by atoms with Gasteiger partial charge < -0.3 is 21.3 Å². The van der Waals surface area contributed by atoms with Gasteiger partial charge in [0.25, 0.3) is 5.91 Å². The largest absolute Gasteiger partial charge is 0.405 e. The lowest BCUT2D eigenvalue weighted by molar-refractivity contribution is -0.123. The van der Waals surface area contributed by atoms with Crippen molar-refractivity contribution in [2.24, 2.45) is 0 Å². The maximum atomic E-state index is 12.7. The van der Waals surface area contributed by atoms with E-state index >= 15 is 0 Å². The topological polar surface area (TPSA) is 109 Å². The first-order valence-corrected chi connectivity index (χ1v) is 12.0. The first kappa shape index (κ1) is 22.8. The number of halogens is 3. The van der Waals surface area contributed by atoms with E-state index in [0.29, 0.717) is 11.9 Å². The van der Waals surface area contributed by atoms with Gasteiger partial charge in [-0.2, -0.15) is 23.3 Å². The zero-order chi connectivity index (χ0) is 24.9. The number of rotatable bonds is 7. The van der Waals surface area contributed by atoms with Crippen LogP contribution < -0.4 is 21.3 Å². The second kappa shape index (κ2) is 8.47. The van der Waals surface area contributed by atoms with Crippen molar-refractivity contribution in [3.63, 3.8) is 0 Å². The summed E-state index contributed by atoms with van der Waals surface area (Å²) in [5.41, 5.74) is 3.39. The molecule has 3 aromatic rings. The van der Waals surface area contributed by atoms with Crippen LogP contribution in [0.25, 0.3) is 0 Å². The molecular formula is C24H25F3N8O. The summed E-state index contributed by atoms with van der Waals surface area (Å²) in [5.74, 6) is -0.222. The van der Waals surface area contributed by atoms with Crippen LogP contribution in [0, 0.1) is 0 Å². The maximum absolute atomic E-state index is 12.7. The summed E-state index contributed by atoms with van der Waals surface area (Å²) in [5, 5.41) is 16.1. The third-order valence-electron chi connectivity index (χ3n) is 6.74. The van der Waals surface area contributed by atoms with Crippen molar-refractivity contribution < 1.29 is 18.0 Å². The Balaban J connectivity index is 1.26. The van der Waals surface area contributed by atoms with E-state index in [4.69, 9.17) is 0 Å². The summed E-state index contributed by atoms with van der Waals surface area (Å²) in [4.78, 5) is 21.2. The quantitative estimate of drug-likeness (QED) is 0.391. The molecule has 0 saturated heterocycles. The van der Waals surface area contributed by atoms with Crippen LogP contribution in [0.1, 0.15) is 53.2 Å². The standard InChI is InChI=1S/C24H25F3N8O/c25-24(26,27)13-29-21(36)17-12-28-22(33-20(17)32-19-6-10-35(34-19)16-2-3-16)31-15-1-4-18-14(11-15)5-9-30-23(18)7-8-23/h1,4,6,10-12,16,30H,2-3,5,7-9,13H2,(H,29,36)(H2,28,31,32,33,34). The van der Waals surface area contributed by atoms with Gasteiger partial charge in [-0.25, -0.2) is 4.98 Å². The Hall–Kier alpha value is -3.67. The van der Waals surface area contributed by atoms with Gasteiger partial charge in [0.05, 0.1) is 6.04 Å². The number of alkyl halides is 3. The van der Waals surface area contributed by atoms with Crippen LogP contribution in [0.4, 0.5) is 36.4 Å². The van der Waals surface area contributed by atoms with Gasteiger partial charge in [0.1, 0.15) is 17.9 Å². The fraction of sp³-hybridized carbons (Fsp3) is 0.417. The van der Waals surface area contributed by atoms with Gasteiger partial charge in [-0.3, -0.25) is 9.48 Å². The molecule has 2 aliphatic carbocycles. The summed E-state index contributed by atoms with van der Waals surface area (Å²) in [6.45, 7) is -0.524. The number of benzene rings is 1. The van der Waals surface area contributed by atoms with E-state index < -0.39 is 18.6 Å². The van der Waals surface area contributed by atoms with Crippen LogP contribution in [0.15, 0.2) is 36.7 Å². The van der Waals surface area contributed by atoms with E-state index in [0.717, 1.165) is 44.3 Å². The second-order valence-corrected chi connectivity index (χ2v) is 9.55. The van der Waals surface area contributed by atoms with Gasteiger partial charge in [0.15, 0.2) is 5.82 Å². The summed E-state index contributed by atoms with van der Waals surface area (Å²) >= 11 is 0. The Kier molecular flexibility index (Phi) is 5.36. The van der Waals surface area contributed by atoms with Gasteiger partial charge in [-0.05, 0) is 55.4 Å². The van der Waals surface area contributed by atoms with E-state index in [2.05, 4.69) is 43.1 Å². The lowest BCUT2D eigenvalue weighted by Crippen LogP contribution is -2.36. The average molecular weight is 499 g/mol. The fourth-order valence-corrected chi connectivity index (χ4v) is 4.62. The molecule has 3 aliphatic rings. The molecule has 6 rings (SSSR count). The molecule has 4 N–H and O–H groups in total. The minimum atomic E-state index is -4.53. The lowest BCUT2D eigenvalue weighted by Gasteiger charge is -2.27. The number of hydrogen-bond donors (Lipinski definition) is 4. The molecule has 1 aliphatic heterocycles. The van der Waals surface area contributed by atoms with Crippen LogP contribution in [-0.2, 0) is 12.0 Å². The Labute approximate surface area is 204 Å². The zero-order valence-electron chi connectivity index (χ0n) is 19.3. The smallest absolute Gasteiger partial charge is 0.343 e. The number of carbonyl (C=O) groups excluding carboxylic acids is 1. The van der Waals surface area contributed by atoms with Gasteiger partial charge in [0, 0.05) is 36.2 Å². The fourth-order valence-electron chi connectivity index (χ4n) is 4.62. The van der Waals surface area contributed by atoms with Crippen LogP contribution in [0.5, 0.6) is 0 Å². The van der Waals surface area contributed by atoms with Gasteiger partial charge in [0.2, 0.25) is 5.95 Å². The van der Waals surface area contributed by atoms with Crippen molar-refractivity contribution in [2.75, 3.05) is 23.7 Å². The van der Waals surface area contributed by atoms with Crippen molar-refractivity contribution >= 4 is 29.2 Å². The molecule has 2 fully saturated rings. The van der Waals surface area contributed by atoms with Crippen molar-refractivity contribution in [2.45, 2.75) is 49.9 Å². The molecule has 12 heteroatoms. The van der Waals surface area contributed by atoms with Crippen molar-refractivity contribution in [1.82, 2.24) is 30.4 Å². The normalized spacial score (nSPS) is 18.0. The second-order valence-electron chi connectivity index (χ2n) is 9.55. The van der Waals surface area contributed by atoms with Gasteiger partial charge in [-0.15, -0.1) is 0 Å². The number of amides is 1. The van der Waals surface area contributed by atoms with Crippen molar-refractivity contribution in [3.8, 4) is 0 Å². The van der Waals surface area contributed by atoms with E-state index in [1.54, 1.807) is 6.07 Å². The maximum Gasteiger partial charge on any atom is 0.405 e. The van der Waals surface area contributed by atoms with E-state index in [1.807, 2.05) is 22.3 Å². The Morgan fingerprint density at radius 1 is 1.19 bits per heavy atom. The zero-order valence-corrected chi connectivity index (χ0v) is 19.3. The molecule has 1 amide bonds. The number of hydrogen-bond acceptors (Lipinski definition) is 7. The Bertz CT molecular complexity index is 1310. The van der Waals surface area contributed by atoms with Crippen LogP contribution >= 0.6 is 0 Å². The van der Waals surface area contributed by atoms with Crippen LogP contribution in [0.3, 0.4) is 0 Å². The summed E-state index contributed by atoms with van der Waals surface area (Å²) in [6, 6.07) is 8.24. The number of nitrogens with one attached hydrogen (secondary N) is 4. The molecule has 36 heavy (non-hydrogen) atoms. The van der Waals surface area contributed by atoms with Gasteiger partial charge in [-0.1, -0.05) is 6.07 Å². The van der Waals surface area contributed by atoms with Crippen LogP contribution in [-0.4, -0.2) is 44.9 Å². The molecule has 1 aromatic carbocycles. The first-order chi connectivity index (χ1) is 17.3. The number of nitrogens with zero attached hydrogens (tertiary/aromatic N) is 4. The summed E-state index contributed by atoms with van der Waals surface area (Å²) in [7, 11) is 0. The average Bonchev–Trinajstić information content (AvgIpc) is 3.77. The Morgan fingerprint density at radius 3 is 2.78 bits per heavy atom. The lowest BCUT2D eigenvalue weighted by atomic mass is 9.92. The van der Waals surface area contributed by atoms with E-state index in [1.165, 1.54) is 17.3 Å². The highest BCUT2D eigenvalue weighted by Crippen LogP contribution is 2.49. The minimum absolute atomic E-state index is 0.0623. The minimum Gasteiger partial charge on any atom is -0.343 e. The molecule has 2 saturated carbocycles. The number of carbonyl (C=O) groups is 1. The molecule has 0 atom stereocenters. The molecule has 0 bridgehead atoms. The van der Waals surface area contributed by atoms with Crippen molar-refractivity contribution in [3.05, 3.63) is 53.3 Å².